The molecular formula is C10H20Cl2Hg2O2. The van der Waals surface area contributed by atoms with E-state index in [0.29, 0.717) is 0 Å². The Bertz CT molecular complexity index is 137. The summed E-state index contributed by atoms with van der Waals surface area (Å²) in [6, 6.07) is 0. The molecule has 0 rings (SSSR count). The Hall–Kier alpha value is 2.37. The van der Waals surface area contributed by atoms with Crippen molar-refractivity contribution in [3.05, 3.63) is 0 Å². The van der Waals surface area contributed by atoms with E-state index in [0.717, 1.165) is 33.9 Å². The second-order valence-corrected chi connectivity index (χ2v) is 17.8. The zero-order valence-corrected chi connectivity index (χ0v) is 22.9. The molecule has 0 heterocycles. The predicted octanol–water partition coefficient (Wildman–Crippen LogP) is 3.89. The van der Waals surface area contributed by atoms with Crippen molar-refractivity contribution in [2.24, 2.45) is 0 Å². The van der Waals surface area contributed by atoms with Gasteiger partial charge in [-0.15, -0.1) is 0 Å². The van der Waals surface area contributed by atoms with Crippen LogP contribution in [-0.4, -0.2) is 25.4 Å². The van der Waals surface area contributed by atoms with E-state index in [9.17, 15) is 0 Å². The fourth-order valence-corrected chi connectivity index (χ4v) is 11.1. The van der Waals surface area contributed by atoms with Crippen LogP contribution in [0, 0.1) is 0 Å². The summed E-state index contributed by atoms with van der Waals surface area (Å²) in [5.41, 5.74) is 0. The molecule has 0 aromatic carbocycles. The van der Waals surface area contributed by atoms with Gasteiger partial charge in [-0.05, 0) is 0 Å². The number of hydrogen-bond donors (Lipinski definition) is 0. The Labute approximate surface area is 131 Å². The van der Waals surface area contributed by atoms with Gasteiger partial charge >= 0.3 is 133 Å². The predicted molar refractivity (Wildman–Crippen MR) is 61.4 cm³/mol. The van der Waals surface area contributed by atoms with Crippen LogP contribution in [0.5, 0.6) is 0 Å². The van der Waals surface area contributed by atoms with E-state index in [2.05, 4.69) is 13.8 Å². The molecule has 0 aliphatic carbocycles. The van der Waals surface area contributed by atoms with E-state index >= 15 is 0 Å². The zero-order chi connectivity index (χ0) is 12.2. The van der Waals surface area contributed by atoms with Gasteiger partial charge in [-0.3, -0.25) is 0 Å². The van der Waals surface area contributed by atoms with Crippen LogP contribution in [0.4, 0.5) is 0 Å². The second kappa shape index (κ2) is 13.8. The van der Waals surface area contributed by atoms with Crippen LogP contribution in [0.15, 0.2) is 0 Å². The Balaban J connectivity index is 4.14. The first kappa shape index (κ1) is 18.4. The molecule has 2 atom stereocenters. The third-order valence-corrected chi connectivity index (χ3v) is 12.2. The van der Waals surface area contributed by atoms with Crippen LogP contribution in [-0.2, 0) is 56.2 Å². The molecule has 0 aliphatic heterocycles. The molecule has 90 valence electrons. The van der Waals surface area contributed by atoms with Crippen molar-refractivity contribution in [2.75, 3.05) is 13.2 Å². The first-order valence-electron chi connectivity index (χ1n) is 6.15. The van der Waals surface area contributed by atoms with Gasteiger partial charge in [-0.1, -0.05) is 0 Å². The average molecular weight is 644 g/mol. The van der Waals surface area contributed by atoms with E-state index in [1.54, 1.807) is 0 Å². The molecule has 16 heavy (non-hydrogen) atoms. The molecular weight excluding hydrogens is 624 g/mol. The molecule has 0 aromatic heterocycles. The van der Waals surface area contributed by atoms with Gasteiger partial charge in [-0.2, -0.15) is 0 Å². The molecule has 0 aromatic rings. The van der Waals surface area contributed by atoms with Crippen molar-refractivity contribution >= 4 is 16.5 Å². The molecule has 0 amide bonds. The molecule has 0 bridgehead atoms. The van der Waals surface area contributed by atoms with Crippen molar-refractivity contribution in [1.29, 1.82) is 0 Å². The summed E-state index contributed by atoms with van der Waals surface area (Å²) in [5.74, 6) is 0. The van der Waals surface area contributed by atoms with Crippen molar-refractivity contribution in [3.8, 4) is 0 Å². The van der Waals surface area contributed by atoms with Gasteiger partial charge in [0.15, 0.2) is 0 Å². The van der Waals surface area contributed by atoms with E-state index in [4.69, 9.17) is 26.0 Å². The standard InChI is InChI=1S/C10H20O2.2ClH.2Hg/c1-5-7-11-9(3)10(4)12-8-6-2;;;;/h9-10H,3-8H2,1-2H3;2*1H;;/q;;;2*+1/p-2. The van der Waals surface area contributed by atoms with Crippen molar-refractivity contribution < 1.29 is 56.2 Å². The van der Waals surface area contributed by atoms with Crippen molar-refractivity contribution in [2.45, 2.75) is 46.8 Å². The Morgan fingerprint density at radius 3 is 1.50 bits per heavy atom. The van der Waals surface area contributed by atoms with E-state index < -0.39 is 46.7 Å². The van der Waals surface area contributed by atoms with Crippen LogP contribution < -0.4 is 0 Å². The maximum atomic E-state index is 6.03. The molecule has 2 nitrogen and oxygen atoms in total. The molecule has 0 radical (unpaired) electrons. The number of halogens is 2. The summed E-state index contributed by atoms with van der Waals surface area (Å²) < 4.78 is 13.9. The first-order valence-corrected chi connectivity index (χ1v) is 27.5. The van der Waals surface area contributed by atoms with Crippen molar-refractivity contribution in [3.63, 3.8) is 0 Å². The topological polar surface area (TPSA) is 18.5 Å². The number of hydrogen-bond acceptors (Lipinski definition) is 2. The summed E-state index contributed by atoms with van der Waals surface area (Å²) in [4.78, 5) is 0. The fraction of sp³-hybridized carbons (Fsp3) is 1.00. The molecule has 0 saturated heterocycles. The zero-order valence-electron chi connectivity index (χ0n) is 10.4. The SMILES string of the molecule is CCCOC([CH2][Hg][Cl])C([CH2][Hg][Cl])OCCC. The molecule has 6 heteroatoms. The van der Waals surface area contributed by atoms with Crippen LogP contribution in [0.3, 0.4) is 0 Å². The van der Waals surface area contributed by atoms with Crippen LogP contribution in [0.1, 0.15) is 26.7 Å². The van der Waals surface area contributed by atoms with Crippen molar-refractivity contribution in [1.82, 2.24) is 0 Å². The fourth-order valence-electron chi connectivity index (χ4n) is 1.51. The summed E-state index contributed by atoms with van der Waals surface area (Å²) >= 11 is -2.34. The van der Waals surface area contributed by atoms with Gasteiger partial charge in [0.2, 0.25) is 0 Å². The molecule has 0 fully saturated rings. The van der Waals surface area contributed by atoms with Crippen LogP contribution >= 0.6 is 16.5 Å². The third-order valence-electron chi connectivity index (χ3n) is 2.27. The van der Waals surface area contributed by atoms with Gasteiger partial charge < -0.3 is 0 Å². The van der Waals surface area contributed by atoms with Crippen LogP contribution in [0.2, 0.25) is 7.86 Å². The normalized spacial score (nSPS) is 14.0. The van der Waals surface area contributed by atoms with Gasteiger partial charge in [0.1, 0.15) is 0 Å². The molecule has 0 spiro atoms. The van der Waals surface area contributed by atoms with Gasteiger partial charge in [0.05, 0.1) is 0 Å². The van der Waals surface area contributed by atoms with Crippen LogP contribution in [0.25, 0.3) is 0 Å². The molecule has 2 unspecified atom stereocenters. The monoisotopic (exact) mass is 646 g/mol. The minimum absolute atomic E-state index is 0.240. The second-order valence-electron chi connectivity index (χ2n) is 3.77. The quantitative estimate of drug-likeness (QED) is 0.318. The Morgan fingerprint density at radius 2 is 1.25 bits per heavy atom. The Kier molecular flexibility index (Phi) is 15.8. The molecule has 0 aliphatic rings. The van der Waals surface area contributed by atoms with E-state index in [-0.39, 0.29) is 12.2 Å². The summed E-state index contributed by atoms with van der Waals surface area (Å²) in [6.45, 7) is 5.90. The van der Waals surface area contributed by atoms with E-state index in [1.165, 1.54) is 0 Å². The molecule has 0 saturated carbocycles. The minimum atomic E-state index is -1.17. The van der Waals surface area contributed by atoms with E-state index in [1.807, 2.05) is 0 Å². The summed E-state index contributed by atoms with van der Waals surface area (Å²) in [7, 11) is 12.1. The summed E-state index contributed by atoms with van der Waals surface area (Å²) in [6.07, 6.45) is 2.59. The maximum absolute atomic E-state index is 6.03. The third kappa shape index (κ3) is 9.32. The number of ether oxygens (including phenoxy) is 2. The van der Waals surface area contributed by atoms with Gasteiger partial charge in [-0.25, -0.2) is 0 Å². The average Bonchev–Trinajstić information content (AvgIpc) is 2.30. The summed E-state index contributed by atoms with van der Waals surface area (Å²) in [5, 5.41) is 0. The first-order chi connectivity index (χ1) is 7.79. The Morgan fingerprint density at radius 1 is 0.875 bits per heavy atom. The molecule has 0 N–H and O–H groups in total. The van der Waals surface area contributed by atoms with Gasteiger partial charge in [0, 0.05) is 0 Å². The van der Waals surface area contributed by atoms with Gasteiger partial charge in [0.25, 0.3) is 0 Å². The number of rotatable bonds is 11.